The lowest BCUT2D eigenvalue weighted by atomic mass is 10.2. The zero-order valence-corrected chi connectivity index (χ0v) is 14.9. The largest absolute Gasteiger partial charge is 0.497 e. The average molecular weight is 339 g/mol. The van der Waals surface area contributed by atoms with E-state index in [2.05, 4.69) is 4.90 Å². The molecule has 1 aromatic rings. The minimum absolute atomic E-state index is 0.0188. The van der Waals surface area contributed by atoms with Gasteiger partial charge in [-0.3, -0.25) is 9.69 Å². The summed E-state index contributed by atoms with van der Waals surface area (Å²) in [6.45, 7) is 4.27. The Kier molecular flexibility index (Phi) is 10.1. The second-order valence-corrected chi connectivity index (χ2v) is 5.66. The molecule has 24 heavy (non-hydrogen) atoms. The number of carbonyl (C=O) groups excluding carboxylic acids is 1. The fraction of sp³-hybridized carbons (Fsp3) is 0.611. The summed E-state index contributed by atoms with van der Waals surface area (Å²) in [6.07, 6.45) is 0.402. The molecule has 1 rings (SSSR count). The standard InChI is InChI=1S/C18H29NO5/c1-4-5-18(21)24-14-16(20)13-19(10-11-22-2)12-15-6-8-17(23-3)9-7-15/h6-9,16,20H,4-5,10-14H2,1-3H3. The highest BCUT2D eigenvalue weighted by Gasteiger charge is 2.14. The summed E-state index contributed by atoms with van der Waals surface area (Å²) in [5, 5.41) is 10.1. The number of ether oxygens (including phenoxy) is 3. The number of rotatable bonds is 12. The molecule has 0 aliphatic rings. The van der Waals surface area contributed by atoms with Gasteiger partial charge in [-0.1, -0.05) is 19.1 Å². The highest BCUT2D eigenvalue weighted by atomic mass is 16.5. The third-order valence-electron chi connectivity index (χ3n) is 3.54. The fourth-order valence-corrected chi connectivity index (χ4v) is 2.26. The Bertz CT molecular complexity index is 463. The first-order chi connectivity index (χ1) is 11.6. The van der Waals surface area contributed by atoms with E-state index in [0.29, 0.717) is 32.7 Å². The van der Waals surface area contributed by atoms with Crippen molar-refractivity contribution in [2.45, 2.75) is 32.4 Å². The third kappa shape index (κ3) is 8.29. The fourth-order valence-electron chi connectivity index (χ4n) is 2.26. The van der Waals surface area contributed by atoms with Crippen LogP contribution in [0.2, 0.25) is 0 Å². The van der Waals surface area contributed by atoms with Gasteiger partial charge in [-0.05, 0) is 24.1 Å². The van der Waals surface area contributed by atoms with Gasteiger partial charge in [-0.2, -0.15) is 0 Å². The molecule has 6 heteroatoms. The van der Waals surface area contributed by atoms with E-state index in [-0.39, 0.29) is 12.6 Å². The zero-order chi connectivity index (χ0) is 17.8. The summed E-state index contributed by atoms with van der Waals surface area (Å²) in [5.74, 6) is 0.542. The van der Waals surface area contributed by atoms with Gasteiger partial charge in [0.2, 0.25) is 0 Å². The van der Waals surface area contributed by atoms with Crippen LogP contribution in [-0.2, 0) is 20.8 Å². The first-order valence-corrected chi connectivity index (χ1v) is 8.27. The molecule has 0 aromatic heterocycles. The minimum Gasteiger partial charge on any atom is -0.497 e. The van der Waals surface area contributed by atoms with Crippen molar-refractivity contribution in [2.24, 2.45) is 0 Å². The normalized spacial score (nSPS) is 12.2. The Morgan fingerprint density at radius 2 is 1.96 bits per heavy atom. The Labute approximate surface area is 144 Å². The van der Waals surface area contributed by atoms with E-state index in [1.165, 1.54) is 0 Å². The minimum atomic E-state index is -0.721. The highest BCUT2D eigenvalue weighted by molar-refractivity contribution is 5.69. The first-order valence-electron chi connectivity index (χ1n) is 8.27. The van der Waals surface area contributed by atoms with Crippen molar-refractivity contribution in [3.63, 3.8) is 0 Å². The van der Waals surface area contributed by atoms with Crippen LogP contribution in [0, 0.1) is 0 Å². The molecule has 1 aromatic carbocycles. The summed E-state index contributed by atoms with van der Waals surface area (Å²) < 4.78 is 15.4. The maximum atomic E-state index is 11.4. The molecule has 1 unspecified atom stereocenters. The molecule has 0 aliphatic carbocycles. The zero-order valence-electron chi connectivity index (χ0n) is 14.9. The number of aliphatic hydroxyl groups excluding tert-OH is 1. The van der Waals surface area contributed by atoms with Gasteiger partial charge >= 0.3 is 5.97 Å². The van der Waals surface area contributed by atoms with E-state index in [9.17, 15) is 9.90 Å². The predicted molar refractivity (Wildman–Crippen MR) is 92.0 cm³/mol. The summed E-state index contributed by atoms with van der Waals surface area (Å²) in [4.78, 5) is 13.5. The van der Waals surface area contributed by atoms with Crippen molar-refractivity contribution in [1.82, 2.24) is 4.90 Å². The van der Waals surface area contributed by atoms with Gasteiger partial charge in [0.05, 0.1) is 13.7 Å². The summed E-state index contributed by atoms with van der Waals surface area (Å²) in [5.41, 5.74) is 1.11. The second kappa shape index (κ2) is 11.8. The number of nitrogens with zero attached hydrogens (tertiary/aromatic N) is 1. The van der Waals surface area contributed by atoms with Crippen molar-refractivity contribution in [3.8, 4) is 5.75 Å². The molecule has 0 bridgehead atoms. The highest BCUT2D eigenvalue weighted by Crippen LogP contribution is 2.13. The molecule has 0 aliphatic heterocycles. The van der Waals surface area contributed by atoms with E-state index in [0.717, 1.165) is 17.7 Å². The molecule has 0 saturated carbocycles. The molecule has 6 nitrogen and oxygen atoms in total. The topological polar surface area (TPSA) is 68.2 Å². The number of hydrogen-bond donors (Lipinski definition) is 1. The molecular weight excluding hydrogens is 310 g/mol. The van der Waals surface area contributed by atoms with Gasteiger partial charge in [0.15, 0.2) is 0 Å². The molecular formula is C18H29NO5. The van der Waals surface area contributed by atoms with Crippen molar-refractivity contribution < 1.29 is 24.1 Å². The molecule has 136 valence electrons. The van der Waals surface area contributed by atoms with Gasteiger partial charge in [0, 0.05) is 33.2 Å². The van der Waals surface area contributed by atoms with Crippen LogP contribution in [0.3, 0.4) is 0 Å². The Hall–Kier alpha value is -1.63. The molecule has 0 radical (unpaired) electrons. The number of hydrogen-bond acceptors (Lipinski definition) is 6. The summed E-state index contributed by atoms with van der Waals surface area (Å²) in [7, 11) is 3.28. The molecule has 1 N–H and O–H groups in total. The quantitative estimate of drug-likeness (QED) is 0.586. The number of carbonyl (C=O) groups is 1. The molecule has 0 saturated heterocycles. The van der Waals surface area contributed by atoms with Crippen LogP contribution in [0.25, 0.3) is 0 Å². The van der Waals surface area contributed by atoms with E-state index in [4.69, 9.17) is 14.2 Å². The van der Waals surface area contributed by atoms with Crippen LogP contribution in [0.5, 0.6) is 5.75 Å². The summed E-state index contributed by atoms with van der Waals surface area (Å²) >= 11 is 0. The van der Waals surface area contributed by atoms with Crippen LogP contribution in [0.4, 0.5) is 0 Å². The van der Waals surface area contributed by atoms with Crippen LogP contribution >= 0.6 is 0 Å². The molecule has 0 spiro atoms. The monoisotopic (exact) mass is 339 g/mol. The van der Waals surface area contributed by atoms with E-state index in [1.54, 1.807) is 14.2 Å². The Morgan fingerprint density at radius 3 is 2.54 bits per heavy atom. The first kappa shape index (κ1) is 20.4. The van der Waals surface area contributed by atoms with Crippen molar-refractivity contribution in [3.05, 3.63) is 29.8 Å². The van der Waals surface area contributed by atoms with E-state index in [1.807, 2.05) is 31.2 Å². The lowest BCUT2D eigenvalue weighted by molar-refractivity contribution is -0.147. The molecule has 0 amide bonds. The smallest absolute Gasteiger partial charge is 0.305 e. The van der Waals surface area contributed by atoms with Crippen molar-refractivity contribution >= 4 is 5.97 Å². The van der Waals surface area contributed by atoms with Gasteiger partial charge in [0.1, 0.15) is 18.5 Å². The van der Waals surface area contributed by atoms with Crippen LogP contribution in [0.1, 0.15) is 25.3 Å². The van der Waals surface area contributed by atoms with Gasteiger partial charge in [-0.15, -0.1) is 0 Å². The third-order valence-corrected chi connectivity index (χ3v) is 3.54. The molecule has 1 atom stereocenters. The van der Waals surface area contributed by atoms with Crippen LogP contribution in [-0.4, -0.2) is 62.6 Å². The maximum absolute atomic E-state index is 11.4. The van der Waals surface area contributed by atoms with E-state index >= 15 is 0 Å². The summed E-state index contributed by atoms with van der Waals surface area (Å²) in [6, 6.07) is 7.80. The number of methoxy groups -OCH3 is 2. The molecule has 0 fully saturated rings. The van der Waals surface area contributed by atoms with Gasteiger partial charge in [0.25, 0.3) is 0 Å². The lowest BCUT2D eigenvalue weighted by Crippen LogP contribution is -2.37. The predicted octanol–water partition coefficient (Wildman–Crippen LogP) is 1.85. The number of esters is 1. The Morgan fingerprint density at radius 1 is 1.25 bits per heavy atom. The van der Waals surface area contributed by atoms with Crippen LogP contribution < -0.4 is 4.74 Å². The average Bonchev–Trinajstić information content (AvgIpc) is 2.59. The lowest BCUT2D eigenvalue weighted by Gasteiger charge is -2.25. The SMILES string of the molecule is CCCC(=O)OCC(O)CN(CCOC)Cc1ccc(OC)cc1. The van der Waals surface area contributed by atoms with Crippen molar-refractivity contribution in [1.29, 1.82) is 0 Å². The number of aliphatic hydroxyl groups is 1. The van der Waals surface area contributed by atoms with Crippen LogP contribution in [0.15, 0.2) is 24.3 Å². The maximum Gasteiger partial charge on any atom is 0.305 e. The van der Waals surface area contributed by atoms with Gasteiger partial charge < -0.3 is 19.3 Å². The van der Waals surface area contributed by atoms with Gasteiger partial charge in [-0.25, -0.2) is 0 Å². The van der Waals surface area contributed by atoms with Crippen molar-refractivity contribution in [2.75, 3.05) is 40.5 Å². The molecule has 0 heterocycles. The van der Waals surface area contributed by atoms with E-state index < -0.39 is 6.10 Å². The Balaban J connectivity index is 2.52. The number of benzene rings is 1. The second-order valence-electron chi connectivity index (χ2n) is 5.66.